The van der Waals surface area contributed by atoms with Crippen molar-refractivity contribution >= 4 is 17.5 Å². The number of nitrogens with zero attached hydrogens (tertiary/aromatic N) is 3. The number of carbonyl (C=O) groups is 2. The Morgan fingerprint density at radius 1 is 1.22 bits per heavy atom. The zero-order valence-electron chi connectivity index (χ0n) is 10.1. The second-order valence-corrected chi connectivity index (χ2v) is 4.19. The van der Waals surface area contributed by atoms with Crippen molar-refractivity contribution < 1.29 is 9.59 Å². The van der Waals surface area contributed by atoms with Gasteiger partial charge >= 0.3 is 0 Å². The standard InChI is InChI=1S/C13H13N3O2/c1-15-8-13(18)16(9-12(15)17)11-5-3-2-4-10(11)6-7-14/h2-5H,6,8-9H2,1H3. The van der Waals surface area contributed by atoms with Crippen molar-refractivity contribution in [2.75, 3.05) is 25.0 Å². The van der Waals surface area contributed by atoms with Crippen molar-refractivity contribution in [2.45, 2.75) is 6.42 Å². The van der Waals surface area contributed by atoms with Gasteiger partial charge in [-0.25, -0.2) is 0 Å². The molecule has 0 atom stereocenters. The van der Waals surface area contributed by atoms with Gasteiger partial charge in [0, 0.05) is 12.7 Å². The smallest absolute Gasteiger partial charge is 0.247 e. The molecule has 0 spiro atoms. The molecule has 5 nitrogen and oxygen atoms in total. The van der Waals surface area contributed by atoms with Crippen LogP contribution < -0.4 is 4.90 Å². The summed E-state index contributed by atoms with van der Waals surface area (Å²) in [5, 5.41) is 8.77. The summed E-state index contributed by atoms with van der Waals surface area (Å²) in [6, 6.07) is 9.25. The van der Waals surface area contributed by atoms with Crippen LogP contribution in [0.25, 0.3) is 0 Å². The van der Waals surface area contributed by atoms with Gasteiger partial charge in [-0.3, -0.25) is 9.59 Å². The van der Waals surface area contributed by atoms with E-state index in [0.29, 0.717) is 5.69 Å². The lowest BCUT2D eigenvalue weighted by atomic mass is 10.1. The number of para-hydroxylation sites is 1. The van der Waals surface area contributed by atoms with E-state index in [1.54, 1.807) is 25.2 Å². The van der Waals surface area contributed by atoms with Crippen LogP contribution in [-0.4, -0.2) is 36.9 Å². The maximum atomic E-state index is 12.0. The van der Waals surface area contributed by atoms with Crippen molar-refractivity contribution in [3.05, 3.63) is 29.8 Å². The fraction of sp³-hybridized carbons (Fsp3) is 0.308. The molecule has 92 valence electrons. The minimum absolute atomic E-state index is 0.0395. The lowest BCUT2D eigenvalue weighted by Gasteiger charge is -2.32. The van der Waals surface area contributed by atoms with Gasteiger partial charge in [-0.15, -0.1) is 0 Å². The fourth-order valence-corrected chi connectivity index (χ4v) is 1.95. The van der Waals surface area contributed by atoms with Crippen LogP contribution in [0.2, 0.25) is 0 Å². The molecule has 1 saturated heterocycles. The monoisotopic (exact) mass is 243 g/mol. The van der Waals surface area contributed by atoms with Crippen LogP contribution in [-0.2, 0) is 16.0 Å². The van der Waals surface area contributed by atoms with Crippen LogP contribution in [0.15, 0.2) is 24.3 Å². The zero-order chi connectivity index (χ0) is 13.1. The lowest BCUT2D eigenvalue weighted by Crippen LogP contribution is -2.52. The molecule has 0 saturated carbocycles. The number of amides is 2. The highest BCUT2D eigenvalue weighted by Crippen LogP contribution is 2.22. The van der Waals surface area contributed by atoms with E-state index in [0.717, 1.165) is 5.56 Å². The molecular formula is C13H13N3O2. The number of carbonyl (C=O) groups excluding carboxylic acids is 2. The third kappa shape index (κ3) is 2.18. The van der Waals surface area contributed by atoms with Gasteiger partial charge in [0.05, 0.1) is 19.0 Å². The number of benzene rings is 1. The summed E-state index contributed by atoms with van der Waals surface area (Å²) in [6.07, 6.45) is 0.226. The van der Waals surface area contributed by atoms with Gasteiger partial charge in [-0.1, -0.05) is 18.2 Å². The quantitative estimate of drug-likeness (QED) is 0.762. The van der Waals surface area contributed by atoms with Gasteiger partial charge in [0.1, 0.15) is 6.54 Å². The number of piperazine rings is 1. The van der Waals surface area contributed by atoms with Crippen molar-refractivity contribution in [3.8, 4) is 6.07 Å². The number of nitriles is 1. The minimum atomic E-state index is -0.123. The summed E-state index contributed by atoms with van der Waals surface area (Å²) in [4.78, 5) is 26.5. The summed E-state index contributed by atoms with van der Waals surface area (Å²) in [5.74, 6) is -0.219. The fourth-order valence-electron chi connectivity index (χ4n) is 1.95. The summed E-state index contributed by atoms with van der Waals surface area (Å²) in [6.45, 7) is 0.123. The van der Waals surface area contributed by atoms with Crippen molar-refractivity contribution in [1.82, 2.24) is 4.90 Å². The van der Waals surface area contributed by atoms with Crippen LogP contribution >= 0.6 is 0 Å². The number of rotatable bonds is 2. The SMILES string of the molecule is CN1CC(=O)N(c2ccccc2CC#N)CC1=O. The maximum absolute atomic E-state index is 12.0. The highest BCUT2D eigenvalue weighted by molar-refractivity contribution is 6.04. The Labute approximate surface area is 105 Å². The largest absolute Gasteiger partial charge is 0.335 e. The molecule has 5 heteroatoms. The predicted octanol–water partition coefficient (Wildman–Crippen LogP) is 0.558. The Kier molecular flexibility index (Phi) is 3.28. The molecule has 2 amide bonds. The second-order valence-electron chi connectivity index (χ2n) is 4.19. The summed E-state index contributed by atoms with van der Waals surface area (Å²) in [5.41, 5.74) is 1.43. The first-order chi connectivity index (χ1) is 8.63. The van der Waals surface area contributed by atoms with Gasteiger partial charge in [-0.2, -0.15) is 5.26 Å². The Morgan fingerprint density at radius 2 is 1.94 bits per heavy atom. The van der Waals surface area contributed by atoms with Gasteiger partial charge in [0.2, 0.25) is 11.8 Å². The third-order valence-electron chi connectivity index (χ3n) is 2.94. The molecule has 0 radical (unpaired) electrons. The zero-order valence-corrected chi connectivity index (χ0v) is 10.1. The maximum Gasteiger partial charge on any atom is 0.247 e. The molecule has 1 aliphatic heterocycles. The highest BCUT2D eigenvalue weighted by atomic mass is 16.2. The van der Waals surface area contributed by atoms with Gasteiger partial charge in [0.25, 0.3) is 0 Å². The Hall–Kier alpha value is -2.35. The number of anilines is 1. The van der Waals surface area contributed by atoms with E-state index in [-0.39, 0.29) is 31.3 Å². The molecule has 0 bridgehead atoms. The molecule has 1 aliphatic rings. The van der Waals surface area contributed by atoms with Gasteiger partial charge in [0.15, 0.2) is 0 Å². The van der Waals surface area contributed by atoms with E-state index in [4.69, 9.17) is 5.26 Å². The average molecular weight is 243 g/mol. The molecular weight excluding hydrogens is 230 g/mol. The van der Waals surface area contributed by atoms with E-state index >= 15 is 0 Å². The molecule has 0 N–H and O–H groups in total. The van der Waals surface area contributed by atoms with Gasteiger partial charge in [-0.05, 0) is 11.6 Å². The van der Waals surface area contributed by atoms with E-state index in [1.807, 2.05) is 6.07 Å². The predicted molar refractivity (Wildman–Crippen MR) is 65.7 cm³/mol. The minimum Gasteiger partial charge on any atom is -0.335 e. The van der Waals surface area contributed by atoms with Crippen LogP contribution in [0.4, 0.5) is 5.69 Å². The molecule has 1 fully saturated rings. The van der Waals surface area contributed by atoms with Crippen molar-refractivity contribution in [1.29, 1.82) is 5.26 Å². The molecule has 2 rings (SSSR count). The molecule has 0 unspecified atom stereocenters. The van der Waals surface area contributed by atoms with Crippen LogP contribution in [0.5, 0.6) is 0 Å². The first-order valence-corrected chi connectivity index (χ1v) is 5.62. The lowest BCUT2D eigenvalue weighted by molar-refractivity contribution is -0.136. The van der Waals surface area contributed by atoms with E-state index in [9.17, 15) is 9.59 Å². The van der Waals surface area contributed by atoms with E-state index < -0.39 is 0 Å². The third-order valence-corrected chi connectivity index (χ3v) is 2.94. The Balaban J connectivity index is 2.34. The van der Waals surface area contributed by atoms with Crippen molar-refractivity contribution in [3.63, 3.8) is 0 Å². The molecule has 1 aromatic carbocycles. The molecule has 0 aromatic heterocycles. The average Bonchev–Trinajstić information content (AvgIpc) is 2.35. The van der Waals surface area contributed by atoms with Crippen LogP contribution in [0.3, 0.4) is 0 Å². The number of likely N-dealkylation sites (N-methyl/N-ethyl adjacent to an activating group) is 1. The van der Waals surface area contributed by atoms with E-state index in [2.05, 4.69) is 6.07 Å². The molecule has 1 heterocycles. The number of hydrogen-bond acceptors (Lipinski definition) is 3. The first kappa shape index (κ1) is 12.1. The highest BCUT2D eigenvalue weighted by Gasteiger charge is 2.29. The molecule has 18 heavy (non-hydrogen) atoms. The topological polar surface area (TPSA) is 64.4 Å². The summed E-state index contributed by atoms with van der Waals surface area (Å²) >= 11 is 0. The normalized spacial score (nSPS) is 15.8. The Morgan fingerprint density at radius 3 is 2.67 bits per heavy atom. The Bertz CT molecular complexity index is 533. The van der Waals surface area contributed by atoms with Gasteiger partial charge < -0.3 is 9.80 Å². The molecule has 1 aromatic rings. The first-order valence-electron chi connectivity index (χ1n) is 5.62. The summed E-state index contributed by atoms with van der Waals surface area (Å²) < 4.78 is 0. The molecule has 0 aliphatic carbocycles. The van der Waals surface area contributed by atoms with Crippen LogP contribution in [0.1, 0.15) is 5.56 Å². The second kappa shape index (κ2) is 4.88. The van der Waals surface area contributed by atoms with Crippen molar-refractivity contribution in [2.24, 2.45) is 0 Å². The van der Waals surface area contributed by atoms with E-state index in [1.165, 1.54) is 9.80 Å². The summed E-state index contributed by atoms with van der Waals surface area (Å²) in [7, 11) is 1.61. The number of hydrogen-bond donors (Lipinski definition) is 0. The van der Waals surface area contributed by atoms with Crippen LogP contribution in [0, 0.1) is 11.3 Å².